The number of halogens is 1. The Bertz CT molecular complexity index is 811. The normalized spacial score (nSPS) is 12.3. The van der Waals surface area contributed by atoms with Crippen LogP contribution in [0.3, 0.4) is 0 Å². The predicted octanol–water partition coefficient (Wildman–Crippen LogP) is 3.10. The van der Waals surface area contributed by atoms with E-state index in [1.165, 1.54) is 12.1 Å². The van der Waals surface area contributed by atoms with Gasteiger partial charge in [0.1, 0.15) is 11.9 Å². The number of imidazole rings is 1. The molecule has 5 heteroatoms. The Kier molecular flexibility index (Phi) is 4.37. The number of benzene rings is 2. The molecule has 0 fully saturated rings. The Morgan fingerprint density at radius 3 is 2.74 bits per heavy atom. The lowest BCUT2D eigenvalue weighted by Crippen LogP contribution is -2.32. The van der Waals surface area contributed by atoms with Crippen molar-refractivity contribution in [2.45, 2.75) is 19.4 Å². The minimum Gasteiger partial charge on any atom is -0.354 e. The first-order valence-electron chi connectivity index (χ1n) is 7.59. The van der Waals surface area contributed by atoms with E-state index in [2.05, 4.69) is 10.3 Å². The molecule has 1 unspecified atom stereocenters. The summed E-state index contributed by atoms with van der Waals surface area (Å²) in [6.45, 7) is 2.36. The number of nitrogens with zero attached hydrogens (tertiary/aromatic N) is 2. The van der Waals surface area contributed by atoms with E-state index in [9.17, 15) is 9.18 Å². The van der Waals surface area contributed by atoms with Crippen molar-refractivity contribution in [3.8, 4) is 0 Å². The Morgan fingerprint density at radius 2 is 1.96 bits per heavy atom. The summed E-state index contributed by atoms with van der Waals surface area (Å²) in [7, 11) is 0. The molecule has 2 aromatic carbocycles. The fourth-order valence-corrected chi connectivity index (χ4v) is 2.54. The van der Waals surface area contributed by atoms with Gasteiger partial charge in [-0.1, -0.05) is 24.3 Å². The Morgan fingerprint density at radius 1 is 1.22 bits per heavy atom. The molecule has 0 aliphatic carbocycles. The number of para-hydroxylation sites is 2. The number of aromatic nitrogens is 2. The second kappa shape index (κ2) is 6.60. The smallest absolute Gasteiger partial charge is 0.242 e. The summed E-state index contributed by atoms with van der Waals surface area (Å²) in [6, 6.07) is 13.7. The predicted molar refractivity (Wildman–Crippen MR) is 87.6 cm³/mol. The van der Waals surface area contributed by atoms with Crippen LogP contribution in [0, 0.1) is 5.82 Å². The first-order valence-corrected chi connectivity index (χ1v) is 7.59. The molecule has 1 amide bonds. The molecule has 1 N–H and O–H groups in total. The van der Waals surface area contributed by atoms with Crippen LogP contribution in [0.4, 0.5) is 4.39 Å². The van der Waals surface area contributed by atoms with Gasteiger partial charge in [0.05, 0.1) is 17.4 Å². The summed E-state index contributed by atoms with van der Waals surface area (Å²) in [5.74, 6) is -0.311. The van der Waals surface area contributed by atoms with Crippen LogP contribution in [0.25, 0.3) is 11.0 Å². The lowest BCUT2D eigenvalue weighted by molar-refractivity contribution is -0.123. The summed E-state index contributed by atoms with van der Waals surface area (Å²) in [5.41, 5.74) is 2.81. The third kappa shape index (κ3) is 3.39. The van der Waals surface area contributed by atoms with Crippen molar-refractivity contribution >= 4 is 16.9 Å². The molecule has 0 aliphatic rings. The molecule has 118 valence electrons. The monoisotopic (exact) mass is 311 g/mol. The second-order valence-electron chi connectivity index (χ2n) is 5.48. The molecule has 1 heterocycles. The highest BCUT2D eigenvalue weighted by molar-refractivity contribution is 5.83. The number of hydrogen-bond acceptors (Lipinski definition) is 2. The minimum absolute atomic E-state index is 0.0599. The van der Waals surface area contributed by atoms with Crippen LogP contribution < -0.4 is 5.32 Å². The summed E-state index contributed by atoms with van der Waals surface area (Å²) < 4.78 is 14.7. The maximum absolute atomic E-state index is 12.8. The van der Waals surface area contributed by atoms with E-state index in [4.69, 9.17) is 0 Å². The minimum atomic E-state index is -0.337. The van der Waals surface area contributed by atoms with Crippen LogP contribution in [-0.4, -0.2) is 22.0 Å². The van der Waals surface area contributed by atoms with Gasteiger partial charge in [-0.25, -0.2) is 9.37 Å². The highest BCUT2D eigenvalue weighted by Crippen LogP contribution is 2.17. The molecule has 0 bridgehead atoms. The fraction of sp³-hybridized carbons (Fsp3) is 0.222. The molecular formula is C18H18FN3O. The zero-order valence-electron chi connectivity index (χ0n) is 12.9. The number of fused-ring (bicyclic) bond motifs is 1. The molecule has 1 atom stereocenters. The average molecular weight is 311 g/mol. The molecule has 3 aromatic rings. The highest BCUT2D eigenvalue weighted by atomic mass is 19.1. The van der Waals surface area contributed by atoms with Gasteiger partial charge in [0.15, 0.2) is 0 Å². The average Bonchev–Trinajstić information content (AvgIpc) is 3.00. The standard InChI is InChI=1S/C18H18FN3O/c1-13(22-12-21-16-4-2-3-5-17(16)22)18(23)20-11-10-14-6-8-15(19)9-7-14/h2-9,12-13H,10-11H2,1H3,(H,20,23). The molecular weight excluding hydrogens is 293 g/mol. The van der Waals surface area contributed by atoms with Crippen molar-refractivity contribution in [2.24, 2.45) is 0 Å². The van der Waals surface area contributed by atoms with Gasteiger partial charge in [-0.3, -0.25) is 4.79 Å². The van der Waals surface area contributed by atoms with E-state index >= 15 is 0 Å². The molecule has 0 saturated heterocycles. The third-order valence-electron chi connectivity index (χ3n) is 3.90. The van der Waals surface area contributed by atoms with Crippen molar-refractivity contribution < 1.29 is 9.18 Å². The fourth-order valence-electron chi connectivity index (χ4n) is 2.54. The van der Waals surface area contributed by atoms with Gasteiger partial charge in [-0.2, -0.15) is 0 Å². The maximum atomic E-state index is 12.8. The van der Waals surface area contributed by atoms with Gasteiger partial charge >= 0.3 is 0 Å². The Hall–Kier alpha value is -2.69. The van der Waals surface area contributed by atoms with Crippen molar-refractivity contribution in [1.82, 2.24) is 14.9 Å². The van der Waals surface area contributed by atoms with E-state index in [0.717, 1.165) is 16.6 Å². The van der Waals surface area contributed by atoms with E-state index in [1.807, 2.05) is 35.8 Å². The van der Waals surface area contributed by atoms with Crippen LogP contribution in [0.5, 0.6) is 0 Å². The van der Waals surface area contributed by atoms with Gasteiger partial charge in [-0.05, 0) is 43.2 Å². The first-order chi connectivity index (χ1) is 11.1. The summed E-state index contributed by atoms with van der Waals surface area (Å²) in [4.78, 5) is 16.6. The lowest BCUT2D eigenvalue weighted by atomic mass is 10.1. The number of hydrogen-bond donors (Lipinski definition) is 1. The Balaban J connectivity index is 1.60. The lowest BCUT2D eigenvalue weighted by Gasteiger charge is -2.14. The van der Waals surface area contributed by atoms with Crippen molar-refractivity contribution in [3.05, 3.63) is 66.2 Å². The summed E-state index contributed by atoms with van der Waals surface area (Å²) in [6.07, 6.45) is 2.36. The molecule has 0 spiro atoms. The third-order valence-corrected chi connectivity index (χ3v) is 3.90. The summed E-state index contributed by atoms with van der Waals surface area (Å²) >= 11 is 0. The van der Waals surface area contributed by atoms with Crippen LogP contribution in [0.1, 0.15) is 18.5 Å². The van der Waals surface area contributed by atoms with Gasteiger partial charge in [0, 0.05) is 6.54 Å². The van der Waals surface area contributed by atoms with Gasteiger partial charge in [-0.15, -0.1) is 0 Å². The molecule has 0 radical (unpaired) electrons. The molecule has 4 nitrogen and oxygen atoms in total. The zero-order chi connectivity index (χ0) is 16.2. The molecule has 3 rings (SSSR count). The van der Waals surface area contributed by atoms with Crippen LogP contribution in [0.15, 0.2) is 54.9 Å². The van der Waals surface area contributed by atoms with E-state index < -0.39 is 0 Å². The molecule has 23 heavy (non-hydrogen) atoms. The van der Waals surface area contributed by atoms with Crippen LogP contribution in [0.2, 0.25) is 0 Å². The van der Waals surface area contributed by atoms with Crippen LogP contribution >= 0.6 is 0 Å². The van der Waals surface area contributed by atoms with Crippen molar-refractivity contribution in [1.29, 1.82) is 0 Å². The topological polar surface area (TPSA) is 46.9 Å². The van der Waals surface area contributed by atoms with Gasteiger partial charge < -0.3 is 9.88 Å². The molecule has 0 saturated carbocycles. The number of amides is 1. The first kappa shape index (κ1) is 15.2. The van der Waals surface area contributed by atoms with E-state index in [1.54, 1.807) is 18.5 Å². The van der Waals surface area contributed by atoms with Gasteiger partial charge in [0.25, 0.3) is 0 Å². The Labute approximate surface area is 134 Å². The van der Waals surface area contributed by atoms with Gasteiger partial charge in [0.2, 0.25) is 5.91 Å². The number of carbonyl (C=O) groups excluding carboxylic acids is 1. The second-order valence-corrected chi connectivity index (χ2v) is 5.48. The number of rotatable bonds is 5. The SMILES string of the molecule is CC(C(=O)NCCc1ccc(F)cc1)n1cnc2ccccc21. The molecule has 0 aliphatic heterocycles. The maximum Gasteiger partial charge on any atom is 0.242 e. The van der Waals surface area contributed by atoms with E-state index in [-0.39, 0.29) is 17.8 Å². The van der Waals surface area contributed by atoms with Crippen molar-refractivity contribution in [3.63, 3.8) is 0 Å². The number of carbonyl (C=O) groups is 1. The summed E-state index contributed by atoms with van der Waals surface area (Å²) in [5, 5.41) is 2.92. The molecule has 1 aromatic heterocycles. The number of nitrogens with one attached hydrogen (secondary N) is 1. The van der Waals surface area contributed by atoms with E-state index in [0.29, 0.717) is 13.0 Å². The van der Waals surface area contributed by atoms with Crippen LogP contribution in [-0.2, 0) is 11.2 Å². The largest absolute Gasteiger partial charge is 0.354 e. The zero-order valence-corrected chi connectivity index (χ0v) is 12.9. The highest BCUT2D eigenvalue weighted by Gasteiger charge is 2.16. The van der Waals surface area contributed by atoms with Crippen molar-refractivity contribution in [2.75, 3.05) is 6.54 Å². The quantitative estimate of drug-likeness (QED) is 0.787.